The number of carbonyl (C=O) groups is 1. The van der Waals surface area contributed by atoms with Crippen molar-refractivity contribution in [1.82, 2.24) is 9.80 Å². The van der Waals surface area contributed by atoms with E-state index in [9.17, 15) is 4.79 Å². The molecule has 1 aliphatic heterocycles. The summed E-state index contributed by atoms with van der Waals surface area (Å²) >= 11 is 0. The van der Waals surface area contributed by atoms with E-state index in [1.807, 2.05) is 4.90 Å². The second-order valence-electron chi connectivity index (χ2n) is 8.41. The Morgan fingerprint density at radius 1 is 1.16 bits per heavy atom. The van der Waals surface area contributed by atoms with Crippen molar-refractivity contribution in [2.45, 2.75) is 66.4 Å². The van der Waals surface area contributed by atoms with Gasteiger partial charge in [0.25, 0.3) is 0 Å². The topological polar surface area (TPSA) is 42.0 Å². The first-order valence-corrected chi connectivity index (χ1v) is 9.84. The summed E-state index contributed by atoms with van der Waals surface area (Å²) in [6.07, 6.45) is 4.24. The number of amides is 1. The van der Waals surface area contributed by atoms with Crippen molar-refractivity contribution >= 4 is 6.09 Å². The van der Waals surface area contributed by atoms with Gasteiger partial charge < -0.3 is 9.47 Å². The van der Waals surface area contributed by atoms with Crippen molar-refractivity contribution in [3.63, 3.8) is 0 Å². The molecule has 0 spiro atoms. The highest BCUT2D eigenvalue weighted by Gasteiger charge is 2.33. The first-order valence-electron chi connectivity index (χ1n) is 9.84. The zero-order valence-electron chi connectivity index (χ0n) is 16.7. The molecule has 2 aliphatic rings. The molecule has 5 nitrogen and oxygen atoms in total. The van der Waals surface area contributed by atoms with Crippen LogP contribution in [0.25, 0.3) is 0 Å². The van der Waals surface area contributed by atoms with Crippen molar-refractivity contribution in [1.29, 1.82) is 0 Å². The van der Waals surface area contributed by atoms with Crippen LogP contribution in [0.3, 0.4) is 0 Å². The number of hydrogen-bond acceptors (Lipinski definition) is 4. The highest BCUT2D eigenvalue weighted by atomic mass is 16.6. The maximum atomic E-state index is 12.2. The predicted octanol–water partition coefficient (Wildman–Crippen LogP) is 4.24. The van der Waals surface area contributed by atoms with Crippen molar-refractivity contribution in [2.75, 3.05) is 32.9 Å². The Balaban J connectivity index is 1.83. The summed E-state index contributed by atoms with van der Waals surface area (Å²) < 4.78 is 11.5. The molecule has 1 unspecified atom stereocenters. The van der Waals surface area contributed by atoms with Gasteiger partial charge in [0, 0.05) is 19.5 Å². The van der Waals surface area contributed by atoms with Gasteiger partial charge in [0.15, 0.2) is 6.10 Å². The lowest BCUT2D eigenvalue weighted by atomic mass is 9.99. The lowest BCUT2D eigenvalue weighted by Gasteiger charge is -2.29. The highest BCUT2D eigenvalue weighted by Crippen LogP contribution is 2.25. The lowest BCUT2D eigenvalue weighted by molar-refractivity contribution is 0.0713. The summed E-state index contributed by atoms with van der Waals surface area (Å²) in [5, 5.41) is 0. The molecule has 1 aliphatic carbocycles. The minimum Gasteiger partial charge on any atom is -0.494 e. The summed E-state index contributed by atoms with van der Waals surface area (Å²) in [7, 11) is 0. The van der Waals surface area contributed by atoms with Crippen LogP contribution in [-0.4, -0.2) is 54.9 Å². The molecule has 1 atom stereocenters. The Labute approximate surface area is 153 Å². The smallest absolute Gasteiger partial charge is 0.411 e. The van der Waals surface area contributed by atoms with Gasteiger partial charge in [-0.1, -0.05) is 27.7 Å². The number of nitrogens with zero attached hydrogens (tertiary/aromatic N) is 2. The fraction of sp³-hybridized carbons (Fsp3) is 0.850. The van der Waals surface area contributed by atoms with Gasteiger partial charge in [0.05, 0.1) is 19.0 Å². The van der Waals surface area contributed by atoms with E-state index in [4.69, 9.17) is 9.47 Å². The maximum Gasteiger partial charge on any atom is 0.411 e. The van der Waals surface area contributed by atoms with Gasteiger partial charge in [-0.25, -0.2) is 4.79 Å². The fourth-order valence-corrected chi connectivity index (χ4v) is 3.66. The molecule has 0 N–H and O–H groups in total. The van der Waals surface area contributed by atoms with Crippen LogP contribution in [0.5, 0.6) is 0 Å². The Morgan fingerprint density at radius 3 is 2.40 bits per heavy atom. The van der Waals surface area contributed by atoms with Crippen LogP contribution in [0.15, 0.2) is 11.3 Å². The molecule has 5 heteroatoms. The zero-order valence-corrected chi connectivity index (χ0v) is 16.7. The molecule has 0 bridgehead atoms. The quantitative estimate of drug-likeness (QED) is 0.622. The number of cyclic esters (lactones) is 1. The van der Waals surface area contributed by atoms with Crippen molar-refractivity contribution in [2.24, 2.45) is 11.8 Å². The normalized spacial score (nSPS) is 21.7. The van der Waals surface area contributed by atoms with E-state index in [1.54, 1.807) is 0 Å². The van der Waals surface area contributed by atoms with E-state index in [0.717, 1.165) is 31.7 Å². The van der Waals surface area contributed by atoms with E-state index in [-0.39, 0.29) is 12.2 Å². The average molecular weight is 353 g/mol. The first-order chi connectivity index (χ1) is 11.8. The minimum atomic E-state index is -0.208. The molecule has 144 valence electrons. The molecular weight excluding hydrogens is 316 g/mol. The third-order valence-electron chi connectivity index (χ3n) is 4.69. The lowest BCUT2D eigenvalue weighted by Crippen LogP contribution is -2.42. The van der Waals surface area contributed by atoms with Crippen LogP contribution in [0.4, 0.5) is 4.79 Å². The van der Waals surface area contributed by atoms with Crippen molar-refractivity contribution in [3.8, 4) is 0 Å². The molecule has 0 aromatic heterocycles. The Morgan fingerprint density at radius 2 is 1.80 bits per heavy atom. The van der Waals surface area contributed by atoms with Gasteiger partial charge in [-0.15, -0.1) is 0 Å². The molecule has 25 heavy (non-hydrogen) atoms. The van der Waals surface area contributed by atoms with E-state index in [1.165, 1.54) is 18.4 Å². The summed E-state index contributed by atoms with van der Waals surface area (Å²) in [5.41, 5.74) is 1.35. The molecule has 1 fully saturated rings. The molecule has 0 aromatic carbocycles. The Bertz CT molecular complexity index is 464. The molecule has 1 saturated heterocycles. The van der Waals surface area contributed by atoms with Gasteiger partial charge in [0.1, 0.15) is 6.61 Å². The van der Waals surface area contributed by atoms with Crippen LogP contribution in [-0.2, 0) is 9.47 Å². The van der Waals surface area contributed by atoms with E-state index in [2.05, 4.69) is 39.5 Å². The van der Waals surface area contributed by atoms with Crippen LogP contribution < -0.4 is 0 Å². The molecule has 1 heterocycles. The van der Waals surface area contributed by atoms with Crippen molar-refractivity contribution in [3.05, 3.63) is 11.3 Å². The Kier molecular flexibility index (Phi) is 7.60. The maximum absolute atomic E-state index is 12.2. The molecule has 0 radical (unpaired) electrons. The molecule has 1 amide bonds. The molecular formula is C20H36N2O3. The number of rotatable bonds is 9. The zero-order chi connectivity index (χ0) is 18.4. The molecule has 0 saturated carbocycles. The first kappa shape index (κ1) is 20.1. The SMILES string of the molecule is CC1=C(OCC2CN(CN(CC(C)C)CC(C)C)C(=O)O2)CCCC1. The monoisotopic (exact) mass is 352 g/mol. The number of ether oxygens (including phenoxy) is 2. The third-order valence-corrected chi connectivity index (χ3v) is 4.69. The average Bonchev–Trinajstić information content (AvgIpc) is 2.85. The van der Waals surface area contributed by atoms with E-state index in [0.29, 0.717) is 31.7 Å². The highest BCUT2D eigenvalue weighted by molar-refractivity contribution is 5.69. The van der Waals surface area contributed by atoms with Gasteiger partial charge in [-0.2, -0.15) is 0 Å². The fourth-order valence-electron chi connectivity index (χ4n) is 3.66. The standard InChI is InChI=1S/C20H36N2O3/c1-15(2)10-21(11-16(3)4)14-22-12-18(25-20(22)23)13-24-19-9-7-6-8-17(19)5/h15-16,18H,6-14H2,1-5H3. The predicted molar refractivity (Wildman–Crippen MR) is 100 cm³/mol. The summed E-state index contributed by atoms with van der Waals surface area (Å²) in [6.45, 7) is 14.7. The minimum absolute atomic E-state index is 0.158. The van der Waals surface area contributed by atoms with Crippen LogP contribution >= 0.6 is 0 Å². The van der Waals surface area contributed by atoms with Gasteiger partial charge >= 0.3 is 6.09 Å². The van der Waals surface area contributed by atoms with E-state index < -0.39 is 0 Å². The number of carbonyl (C=O) groups excluding carboxylic acids is 1. The second-order valence-corrected chi connectivity index (χ2v) is 8.41. The van der Waals surface area contributed by atoms with Gasteiger partial charge in [-0.05, 0) is 43.6 Å². The number of allylic oxidation sites excluding steroid dienone is 2. The third kappa shape index (κ3) is 6.53. The molecule has 0 aromatic rings. The Hall–Kier alpha value is -1.23. The largest absolute Gasteiger partial charge is 0.494 e. The van der Waals surface area contributed by atoms with Crippen LogP contribution in [0.2, 0.25) is 0 Å². The summed E-state index contributed by atoms with van der Waals surface area (Å²) in [4.78, 5) is 16.4. The number of hydrogen-bond donors (Lipinski definition) is 0. The van der Waals surface area contributed by atoms with Crippen LogP contribution in [0, 0.1) is 11.8 Å². The van der Waals surface area contributed by atoms with Gasteiger partial charge in [0.2, 0.25) is 0 Å². The van der Waals surface area contributed by atoms with Crippen molar-refractivity contribution < 1.29 is 14.3 Å². The molecule has 2 rings (SSSR count). The summed E-state index contributed by atoms with van der Waals surface area (Å²) in [5.74, 6) is 2.28. The van der Waals surface area contributed by atoms with Gasteiger partial charge in [-0.3, -0.25) is 9.80 Å². The van der Waals surface area contributed by atoms with E-state index >= 15 is 0 Å². The second kappa shape index (κ2) is 9.46. The van der Waals surface area contributed by atoms with Crippen LogP contribution in [0.1, 0.15) is 60.3 Å². The summed E-state index contributed by atoms with van der Waals surface area (Å²) in [6, 6.07) is 0.